The molecule has 106 valence electrons. The molecule has 0 aliphatic rings. The Kier molecular flexibility index (Phi) is 3.97. The van der Waals surface area contributed by atoms with Crippen molar-refractivity contribution in [3.8, 4) is 11.6 Å². The maximum Gasteiger partial charge on any atom is 0.227 e. The number of aromatic nitrogens is 1. The van der Waals surface area contributed by atoms with Crippen molar-refractivity contribution in [3.05, 3.63) is 64.3 Å². The fourth-order valence-corrected chi connectivity index (χ4v) is 2.41. The van der Waals surface area contributed by atoms with Crippen molar-refractivity contribution < 1.29 is 4.74 Å². The summed E-state index contributed by atoms with van der Waals surface area (Å²) in [6.07, 6.45) is 1.73. The zero-order valence-corrected chi connectivity index (χ0v) is 12.5. The largest absolute Gasteiger partial charge is 0.438 e. The quantitative estimate of drug-likeness (QED) is 0.755. The van der Waals surface area contributed by atoms with Gasteiger partial charge in [-0.3, -0.25) is 0 Å². The predicted molar refractivity (Wildman–Crippen MR) is 86.2 cm³/mol. The Hall–Kier alpha value is -1.81. The van der Waals surface area contributed by atoms with Crippen LogP contribution in [0.4, 0.5) is 0 Å². The first kappa shape index (κ1) is 14.1. The van der Waals surface area contributed by atoms with Crippen LogP contribution in [0.25, 0.3) is 10.8 Å². The monoisotopic (exact) mass is 318 g/mol. The summed E-state index contributed by atoms with van der Waals surface area (Å²) in [6.45, 7) is 0.431. The first-order valence-electron chi connectivity index (χ1n) is 6.38. The fourth-order valence-electron chi connectivity index (χ4n) is 2.12. The van der Waals surface area contributed by atoms with Crippen LogP contribution >= 0.6 is 23.2 Å². The van der Waals surface area contributed by atoms with Gasteiger partial charge in [-0.2, -0.15) is 0 Å². The molecule has 0 amide bonds. The normalized spacial score (nSPS) is 10.8. The summed E-state index contributed by atoms with van der Waals surface area (Å²) >= 11 is 11.9. The number of benzene rings is 2. The molecule has 0 fully saturated rings. The van der Waals surface area contributed by atoms with Gasteiger partial charge in [-0.25, -0.2) is 4.98 Å². The topological polar surface area (TPSA) is 48.1 Å². The molecule has 3 aromatic rings. The molecule has 0 saturated heterocycles. The van der Waals surface area contributed by atoms with E-state index in [4.69, 9.17) is 33.7 Å². The molecule has 0 atom stereocenters. The van der Waals surface area contributed by atoms with E-state index < -0.39 is 0 Å². The SMILES string of the molecule is NCc1cnc(Oc2ccc(Cl)c(Cl)c2)c2ccccc12. The van der Waals surface area contributed by atoms with Crippen molar-refractivity contribution in [1.29, 1.82) is 0 Å². The Labute approximate surface area is 132 Å². The van der Waals surface area contributed by atoms with Gasteiger partial charge < -0.3 is 10.5 Å². The van der Waals surface area contributed by atoms with Crippen LogP contribution in [0.3, 0.4) is 0 Å². The van der Waals surface area contributed by atoms with E-state index in [2.05, 4.69) is 4.98 Å². The van der Waals surface area contributed by atoms with Crippen molar-refractivity contribution in [3.63, 3.8) is 0 Å². The molecular weight excluding hydrogens is 307 g/mol. The van der Waals surface area contributed by atoms with E-state index in [-0.39, 0.29) is 0 Å². The summed E-state index contributed by atoms with van der Waals surface area (Å²) in [7, 11) is 0. The second-order valence-electron chi connectivity index (χ2n) is 4.52. The van der Waals surface area contributed by atoms with Gasteiger partial charge >= 0.3 is 0 Å². The maximum atomic E-state index is 6.00. The number of halogens is 2. The number of hydrogen-bond acceptors (Lipinski definition) is 3. The molecule has 2 aromatic carbocycles. The Morgan fingerprint density at radius 1 is 1.00 bits per heavy atom. The lowest BCUT2D eigenvalue weighted by atomic mass is 10.1. The average Bonchev–Trinajstić information content (AvgIpc) is 2.51. The summed E-state index contributed by atoms with van der Waals surface area (Å²) in [5.74, 6) is 1.10. The van der Waals surface area contributed by atoms with Crippen LogP contribution in [0, 0.1) is 0 Å². The highest BCUT2D eigenvalue weighted by Gasteiger charge is 2.09. The van der Waals surface area contributed by atoms with E-state index >= 15 is 0 Å². The van der Waals surface area contributed by atoms with Gasteiger partial charge in [0.15, 0.2) is 0 Å². The molecule has 21 heavy (non-hydrogen) atoms. The zero-order valence-electron chi connectivity index (χ0n) is 11.0. The molecule has 0 unspecified atom stereocenters. The van der Waals surface area contributed by atoms with Crippen LogP contribution < -0.4 is 10.5 Å². The molecule has 5 heteroatoms. The zero-order chi connectivity index (χ0) is 14.8. The number of hydrogen-bond donors (Lipinski definition) is 1. The van der Waals surface area contributed by atoms with Crippen molar-refractivity contribution in [2.75, 3.05) is 0 Å². The molecule has 0 aliphatic heterocycles. The molecule has 0 aliphatic carbocycles. The Bertz CT molecular complexity index is 805. The second-order valence-corrected chi connectivity index (χ2v) is 5.33. The molecular formula is C16H12Cl2N2O. The number of rotatable bonds is 3. The Balaban J connectivity index is 2.06. The first-order chi connectivity index (χ1) is 10.2. The highest BCUT2D eigenvalue weighted by Crippen LogP contribution is 2.32. The van der Waals surface area contributed by atoms with Crippen LogP contribution in [0.15, 0.2) is 48.7 Å². The van der Waals surface area contributed by atoms with Gasteiger partial charge in [-0.1, -0.05) is 41.4 Å². The standard InChI is InChI=1S/C16H12Cl2N2O/c17-14-6-5-11(7-15(14)18)21-16-13-4-2-1-3-12(13)10(8-19)9-20-16/h1-7,9H,8,19H2. The summed E-state index contributed by atoms with van der Waals surface area (Å²) in [5.41, 5.74) is 6.72. The molecule has 0 spiro atoms. The molecule has 3 nitrogen and oxygen atoms in total. The van der Waals surface area contributed by atoms with Gasteiger partial charge in [0, 0.05) is 24.2 Å². The highest BCUT2D eigenvalue weighted by atomic mass is 35.5. The lowest BCUT2D eigenvalue weighted by molar-refractivity contribution is 0.469. The van der Waals surface area contributed by atoms with E-state index in [0.717, 1.165) is 16.3 Å². The van der Waals surface area contributed by atoms with Crippen molar-refractivity contribution in [2.45, 2.75) is 6.54 Å². The predicted octanol–water partition coefficient (Wildman–Crippen LogP) is 4.79. The number of nitrogens with two attached hydrogens (primary N) is 1. The number of pyridine rings is 1. The van der Waals surface area contributed by atoms with E-state index in [1.165, 1.54) is 0 Å². The average molecular weight is 319 g/mol. The molecule has 1 heterocycles. The smallest absolute Gasteiger partial charge is 0.227 e. The van der Waals surface area contributed by atoms with Crippen LogP contribution in [0.5, 0.6) is 11.6 Å². The van der Waals surface area contributed by atoms with Crippen molar-refractivity contribution in [1.82, 2.24) is 4.98 Å². The van der Waals surface area contributed by atoms with Crippen LogP contribution in [-0.2, 0) is 6.54 Å². The molecule has 3 rings (SSSR count). The van der Waals surface area contributed by atoms with Crippen molar-refractivity contribution in [2.24, 2.45) is 5.73 Å². The fraction of sp³-hybridized carbons (Fsp3) is 0.0625. The minimum absolute atomic E-state index is 0.431. The molecule has 0 saturated carbocycles. The van der Waals surface area contributed by atoms with Gasteiger partial charge in [0.25, 0.3) is 0 Å². The number of fused-ring (bicyclic) bond motifs is 1. The summed E-state index contributed by atoms with van der Waals surface area (Å²) in [5, 5.41) is 2.87. The van der Waals surface area contributed by atoms with Gasteiger partial charge in [0.2, 0.25) is 5.88 Å². The third kappa shape index (κ3) is 2.81. The third-order valence-electron chi connectivity index (χ3n) is 3.17. The summed E-state index contributed by atoms with van der Waals surface area (Å²) < 4.78 is 5.83. The molecule has 0 bridgehead atoms. The first-order valence-corrected chi connectivity index (χ1v) is 7.14. The lowest BCUT2D eigenvalue weighted by Crippen LogP contribution is -1.99. The van der Waals surface area contributed by atoms with E-state index in [1.807, 2.05) is 24.3 Å². The minimum Gasteiger partial charge on any atom is -0.438 e. The van der Waals surface area contributed by atoms with Crippen LogP contribution in [-0.4, -0.2) is 4.98 Å². The second kappa shape index (κ2) is 5.90. The van der Waals surface area contributed by atoms with Gasteiger partial charge in [-0.15, -0.1) is 0 Å². The highest BCUT2D eigenvalue weighted by molar-refractivity contribution is 6.42. The van der Waals surface area contributed by atoms with Gasteiger partial charge in [0.1, 0.15) is 5.75 Å². The van der Waals surface area contributed by atoms with Gasteiger partial charge in [-0.05, 0) is 29.1 Å². The molecule has 2 N–H and O–H groups in total. The van der Waals surface area contributed by atoms with E-state index in [0.29, 0.717) is 28.2 Å². The molecule has 1 aromatic heterocycles. The molecule has 0 radical (unpaired) electrons. The summed E-state index contributed by atoms with van der Waals surface area (Å²) in [4.78, 5) is 4.35. The third-order valence-corrected chi connectivity index (χ3v) is 3.91. The maximum absolute atomic E-state index is 6.00. The van der Waals surface area contributed by atoms with Gasteiger partial charge in [0.05, 0.1) is 10.0 Å². The minimum atomic E-state index is 0.431. The number of nitrogens with zero attached hydrogens (tertiary/aromatic N) is 1. The van der Waals surface area contributed by atoms with Crippen molar-refractivity contribution >= 4 is 34.0 Å². The summed E-state index contributed by atoms with van der Waals surface area (Å²) in [6, 6.07) is 13.0. The Morgan fingerprint density at radius 3 is 2.48 bits per heavy atom. The number of ether oxygens (including phenoxy) is 1. The van der Waals surface area contributed by atoms with E-state index in [9.17, 15) is 0 Å². The Morgan fingerprint density at radius 2 is 1.76 bits per heavy atom. The van der Waals surface area contributed by atoms with Crippen LogP contribution in [0.1, 0.15) is 5.56 Å². The van der Waals surface area contributed by atoms with E-state index in [1.54, 1.807) is 24.4 Å². The lowest BCUT2D eigenvalue weighted by Gasteiger charge is -2.10. The van der Waals surface area contributed by atoms with Crippen LogP contribution in [0.2, 0.25) is 10.0 Å².